The summed E-state index contributed by atoms with van der Waals surface area (Å²) in [7, 11) is 2.00. The molecular weight excluding hydrogens is 234 g/mol. The zero-order valence-electron chi connectivity index (χ0n) is 9.46. The lowest BCUT2D eigenvalue weighted by atomic mass is 10.2. The highest BCUT2D eigenvalue weighted by Crippen LogP contribution is 2.18. The van der Waals surface area contributed by atoms with Gasteiger partial charge < -0.3 is 10.0 Å². The minimum absolute atomic E-state index is 0.318. The molecule has 2 aromatic rings. The lowest BCUT2D eigenvalue weighted by molar-refractivity contribution is 0.0697. The number of carboxylic acid groups (broad SMARTS) is 1. The van der Waals surface area contributed by atoms with E-state index in [0.717, 1.165) is 12.2 Å². The summed E-state index contributed by atoms with van der Waals surface area (Å²) < 4.78 is 0. The van der Waals surface area contributed by atoms with E-state index in [9.17, 15) is 4.79 Å². The second kappa shape index (κ2) is 5.01. The Morgan fingerprint density at radius 2 is 2.00 bits per heavy atom. The molecule has 0 unspecified atom stereocenters. The van der Waals surface area contributed by atoms with Gasteiger partial charge in [-0.15, -0.1) is 11.3 Å². The first kappa shape index (κ1) is 11.7. The monoisotopic (exact) mass is 247 g/mol. The largest absolute Gasteiger partial charge is 0.478 e. The van der Waals surface area contributed by atoms with Crippen LogP contribution in [-0.2, 0) is 6.54 Å². The summed E-state index contributed by atoms with van der Waals surface area (Å²) in [6, 6.07) is 11.0. The molecule has 0 saturated heterocycles. The molecule has 1 aromatic carbocycles. The molecule has 0 atom stereocenters. The van der Waals surface area contributed by atoms with Gasteiger partial charge in [0.25, 0.3) is 0 Å². The second-order valence-electron chi connectivity index (χ2n) is 3.79. The Morgan fingerprint density at radius 1 is 1.29 bits per heavy atom. The SMILES string of the molecule is CN(Cc1cccs1)c1ccc(C(=O)O)cc1. The van der Waals surface area contributed by atoms with E-state index in [-0.39, 0.29) is 0 Å². The van der Waals surface area contributed by atoms with Crippen LogP contribution in [0, 0.1) is 0 Å². The molecule has 1 aromatic heterocycles. The van der Waals surface area contributed by atoms with Gasteiger partial charge in [-0.05, 0) is 35.7 Å². The average Bonchev–Trinajstić information content (AvgIpc) is 2.82. The number of nitrogens with zero attached hydrogens (tertiary/aromatic N) is 1. The van der Waals surface area contributed by atoms with Crippen LogP contribution in [0.5, 0.6) is 0 Å². The van der Waals surface area contributed by atoms with Gasteiger partial charge in [0.1, 0.15) is 0 Å². The van der Waals surface area contributed by atoms with Crippen molar-refractivity contribution in [3.05, 3.63) is 52.2 Å². The fourth-order valence-electron chi connectivity index (χ4n) is 1.59. The van der Waals surface area contributed by atoms with Crippen molar-refractivity contribution in [2.75, 3.05) is 11.9 Å². The van der Waals surface area contributed by atoms with E-state index in [0.29, 0.717) is 5.56 Å². The maximum Gasteiger partial charge on any atom is 0.335 e. The number of hydrogen-bond acceptors (Lipinski definition) is 3. The lowest BCUT2D eigenvalue weighted by Crippen LogP contribution is -2.15. The summed E-state index contributed by atoms with van der Waals surface area (Å²) in [6.07, 6.45) is 0. The Labute approximate surface area is 104 Å². The Bertz CT molecular complexity index is 491. The van der Waals surface area contributed by atoms with Crippen molar-refractivity contribution in [2.24, 2.45) is 0 Å². The number of anilines is 1. The summed E-state index contributed by atoms with van der Waals surface area (Å²) in [6.45, 7) is 0.837. The van der Waals surface area contributed by atoms with Gasteiger partial charge in [-0.1, -0.05) is 6.07 Å². The van der Waals surface area contributed by atoms with Crippen LogP contribution in [0.15, 0.2) is 41.8 Å². The first-order chi connectivity index (χ1) is 8.16. The fraction of sp³-hybridized carbons (Fsp3) is 0.154. The number of thiophene rings is 1. The van der Waals surface area contributed by atoms with E-state index in [1.54, 1.807) is 23.5 Å². The molecule has 0 radical (unpaired) electrons. The highest BCUT2D eigenvalue weighted by atomic mass is 32.1. The van der Waals surface area contributed by atoms with Gasteiger partial charge in [0, 0.05) is 17.6 Å². The van der Waals surface area contributed by atoms with Crippen LogP contribution in [0.4, 0.5) is 5.69 Å². The summed E-state index contributed by atoms with van der Waals surface area (Å²) in [5, 5.41) is 10.9. The quantitative estimate of drug-likeness (QED) is 0.902. The third-order valence-corrected chi connectivity index (χ3v) is 3.39. The zero-order chi connectivity index (χ0) is 12.3. The molecule has 1 heterocycles. The Hall–Kier alpha value is -1.81. The van der Waals surface area contributed by atoms with Crippen molar-refractivity contribution in [2.45, 2.75) is 6.54 Å². The van der Waals surface area contributed by atoms with Crippen LogP contribution < -0.4 is 4.90 Å². The Morgan fingerprint density at radius 3 is 2.53 bits per heavy atom. The van der Waals surface area contributed by atoms with E-state index < -0.39 is 5.97 Å². The molecule has 1 N–H and O–H groups in total. The van der Waals surface area contributed by atoms with Gasteiger partial charge >= 0.3 is 5.97 Å². The van der Waals surface area contributed by atoms with E-state index in [1.807, 2.05) is 25.2 Å². The number of carbonyl (C=O) groups is 1. The molecule has 0 saturated carbocycles. The normalized spacial score (nSPS) is 10.2. The Balaban J connectivity index is 2.09. The van der Waals surface area contributed by atoms with Crippen molar-refractivity contribution < 1.29 is 9.90 Å². The van der Waals surface area contributed by atoms with Crippen LogP contribution >= 0.6 is 11.3 Å². The molecule has 0 fully saturated rings. The molecule has 4 heteroatoms. The topological polar surface area (TPSA) is 40.5 Å². The van der Waals surface area contributed by atoms with Crippen molar-refractivity contribution >= 4 is 23.0 Å². The molecule has 3 nitrogen and oxygen atoms in total. The summed E-state index contributed by atoms with van der Waals surface area (Å²) in [5.74, 6) is -0.891. The molecule has 0 bridgehead atoms. The summed E-state index contributed by atoms with van der Waals surface area (Å²) in [4.78, 5) is 14.1. The van der Waals surface area contributed by atoms with Crippen molar-refractivity contribution in [3.8, 4) is 0 Å². The second-order valence-corrected chi connectivity index (χ2v) is 4.82. The van der Waals surface area contributed by atoms with Gasteiger partial charge in [0.15, 0.2) is 0 Å². The first-order valence-electron chi connectivity index (χ1n) is 5.23. The number of rotatable bonds is 4. The number of carboxylic acids is 1. The highest BCUT2D eigenvalue weighted by molar-refractivity contribution is 7.09. The predicted octanol–water partition coefficient (Wildman–Crippen LogP) is 3.08. The third kappa shape index (κ3) is 2.85. The van der Waals surface area contributed by atoms with E-state index in [1.165, 1.54) is 4.88 Å². The molecule has 0 aliphatic carbocycles. The highest BCUT2D eigenvalue weighted by Gasteiger charge is 2.05. The molecule has 0 spiro atoms. The van der Waals surface area contributed by atoms with Crippen LogP contribution in [0.3, 0.4) is 0 Å². The minimum Gasteiger partial charge on any atom is -0.478 e. The van der Waals surface area contributed by atoms with E-state index in [4.69, 9.17) is 5.11 Å². The van der Waals surface area contributed by atoms with Gasteiger partial charge in [0.2, 0.25) is 0 Å². The fourth-order valence-corrected chi connectivity index (χ4v) is 2.34. The van der Waals surface area contributed by atoms with Gasteiger partial charge in [-0.25, -0.2) is 4.79 Å². The molecule has 2 rings (SSSR count). The molecule has 88 valence electrons. The lowest BCUT2D eigenvalue weighted by Gasteiger charge is -2.18. The number of hydrogen-bond donors (Lipinski definition) is 1. The summed E-state index contributed by atoms with van der Waals surface area (Å²) in [5.41, 5.74) is 1.33. The van der Waals surface area contributed by atoms with Gasteiger partial charge in [0.05, 0.1) is 12.1 Å². The third-order valence-electron chi connectivity index (χ3n) is 2.53. The maximum absolute atomic E-state index is 10.7. The standard InChI is InChI=1S/C13H13NO2S/c1-14(9-12-3-2-8-17-12)11-6-4-10(5-7-11)13(15)16/h2-8H,9H2,1H3,(H,15,16). The van der Waals surface area contributed by atoms with Crippen LogP contribution in [0.25, 0.3) is 0 Å². The van der Waals surface area contributed by atoms with Crippen molar-refractivity contribution in [1.29, 1.82) is 0 Å². The molecule has 0 amide bonds. The minimum atomic E-state index is -0.891. The van der Waals surface area contributed by atoms with Crippen LogP contribution in [-0.4, -0.2) is 18.1 Å². The smallest absolute Gasteiger partial charge is 0.335 e. The van der Waals surface area contributed by atoms with Crippen molar-refractivity contribution in [3.63, 3.8) is 0 Å². The van der Waals surface area contributed by atoms with Crippen LogP contribution in [0.1, 0.15) is 15.2 Å². The van der Waals surface area contributed by atoms with Gasteiger partial charge in [-0.2, -0.15) is 0 Å². The maximum atomic E-state index is 10.7. The molecule has 0 aliphatic heterocycles. The van der Waals surface area contributed by atoms with E-state index >= 15 is 0 Å². The molecule has 0 aliphatic rings. The first-order valence-corrected chi connectivity index (χ1v) is 6.11. The number of benzene rings is 1. The average molecular weight is 247 g/mol. The molecule has 17 heavy (non-hydrogen) atoms. The van der Waals surface area contributed by atoms with E-state index in [2.05, 4.69) is 16.3 Å². The Kier molecular flexibility index (Phi) is 3.44. The summed E-state index contributed by atoms with van der Waals surface area (Å²) >= 11 is 1.72. The molecular formula is C13H13NO2S. The zero-order valence-corrected chi connectivity index (χ0v) is 10.3. The predicted molar refractivity (Wildman–Crippen MR) is 69.8 cm³/mol. The van der Waals surface area contributed by atoms with Crippen LogP contribution in [0.2, 0.25) is 0 Å². The van der Waals surface area contributed by atoms with Gasteiger partial charge in [-0.3, -0.25) is 0 Å². The van der Waals surface area contributed by atoms with Crippen molar-refractivity contribution in [1.82, 2.24) is 0 Å². The number of aromatic carboxylic acids is 1.